The summed E-state index contributed by atoms with van der Waals surface area (Å²) in [6, 6.07) is 2.09. The van der Waals surface area contributed by atoms with Crippen LogP contribution < -0.4 is 11.1 Å². The topological polar surface area (TPSA) is 111 Å². The smallest absolute Gasteiger partial charge is 0.308 e. The molecule has 0 bridgehead atoms. The van der Waals surface area contributed by atoms with Gasteiger partial charge in [0.1, 0.15) is 6.04 Å². The van der Waals surface area contributed by atoms with Crippen molar-refractivity contribution < 1.29 is 19.1 Å². The molecule has 2 amide bonds. The molecule has 0 aliphatic rings. The van der Waals surface area contributed by atoms with Gasteiger partial charge in [0.2, 0.25) is 5.91 Å². The molecule has 0 aliphatic heterocycles. The Balaban J connectivity index is 2.68. The quantitative estimate of drug-likeness (QED) is 0.700. The van der Waals surface area contributed by atoms with E-state index in [0.29, 0.717) is 5.56 Å². The zero-order valence-corrected chi connectivity index (χ0v) is 12.0. The molecular weight excluding hydrogens is 274 g/mol. The van der Waals surface area contributed by atoms with Crippen molar-refractivity contribution in [3.05, 3.63) is 30.1 Å². The molecule has 0 aliphatic carbocycles. The van der Waals surface area contributed by atoms with Crippen LogP contribution in [0.4, 0.5) is 0 Å². The van der Waals surface area contributed by atoms with Gasteiger partial charge in [-0.05, 0) is 25.5 Å². The Morgan fingerprint density at radius 2 is 1.95 bits per heavy atom. The third-order valence-corrected chi connectivity index (χ3v) is 2.87. The number of rotatable bonds is 7. The Kier molecular flexibility index (Phi) is 6.32. The Morgan fingerprint density at radius 1 is 1.33 bits per heavy atom. The molecule has 0 aromatic carbocycles. The molecule has 2 atom stereocenters. The minimum absolute atomic E-state index is 0.0883. The molecule has 1 heterocycles. The number of esters is 1. The third kappa shape index (κ3) is 5.21. The highest BCUT2D eigenvalue weighted by Gasteiger charge is 2.25. The van der Waals surface area contributed by atoms with Crippen molar-refractivity contribution in [2.24, 2.45) is 11.7 Å². The number of carbonyl (C=O) groups excluding carboxylic acids is 3. The number of pyridine rings is 1. The first-order valence-electron chi connectivity index (χ1n) is 6.62. The van der Waals surface area contributed by atoms with E-state index >= 15 is 0 Å². The van der Waals surface area contributed by atoms with Gasteiger partial charge in [-0.3, -0.25) is 19.4 Å². The molecule has 0 fully saturated rings. The van der Waals surface area contributed by atoms with E-state index < -0.39 is 29.7 Å². The third-order valence-electron chi connectivity index (χ3n) is 2.87. The number of nitrogens with two attached hydrogens (primary N) is 1. The highest BCUT2D eigenvalue weighted by Crippen LogP contribution is 2.09. The van der Waals surface area contributed by atoms with Crippen LogP contribution in [0.15, 0.2) is 24.5 Å². The van der Waals surface area contributed by atoms with Crippen LogP contribution in [0.25, 0.3) is 0 Å². The van der Waals surface area contributed by atoms with Crippen LogP contribution in [0.5, 0.6) is 0 Å². The van der Waals surface area contributed by atoms with Crippen molar-refractivity contribution in [1.29, 1.82) is 0 Å². The number of aromatic nitrogens is 1. The van der Waals surface area contributed by atoms with E-state index in [1.54, 1.807) is 13.8 Å². The summed E-state index contributed by atoms with van der Waals surface area (Å²) in [5.74, 6) is -2.12. The van der Waals surface area contributed by atoms with Gasteiger partial charge in [-0.15, -0.1) is 0 Å². The molecule has 1 aromatic heterocycles. The summed E-state index contributed by atoms with van der Waals surface area (Å²) in [6.07, 6.45) is 3.02. The van der Waals surface area contributed by atoms with E-state index in [4.69, 9.17) is 10.5 Å². The van der Waals surface area contributed by atoms with Crippen LogP contribution in [-0.2, 0) is 14.3 Å². The number of carbonyl (C=O) groups is 3. The average Bonchev–Trinajstić information content (AvgIpc) is 2.47. The van der Waals surface area contributed by atoms with Crippen LogP contribution in [0.2, 0.25) is 0 Å². The predicted molar refractivity (Wildman–Crippen MR) is 75.1 cm³/mol. The van der Waals surface area contributed by atoms with Crippen LogP contribution in [0.1, 0.15) is 30.6 Å². The highest BCUT2D eigenvalue weighted by atomic mass is 16.5. The molecule has 7 nitrogen and oxygen atoms in total. The standard InChI is InChI=1S/C14H19N3O4/c1-3-21-14(20)9(2)8-11(12(15)18)17-13(19)10-4-6-16-7-5-10/h4-7,9,11H,3,8H2,1-2H3,(H2,15,18)(H,17,19)/t9-,11-/m0/s1. The number of hydrogen-bond donors (Lipinski definition) is 2. The number of hydrogen-bond acceptors (Lipinski definition) is 5. The predicted octanol–water partition coefficient (Wildman–Crippen LogP) is 0.255. The lowest BCUT2D eigenvalue weighted by Gasteiger charge is -2.18. The molecule has 7 heteroatoms. The fourth-order valence-electron chi connectivity index (χ4n) is 1.73. The number of primary amides is 1. The first-order chi connectivity index (χ1) is 9.95. The van der Waals surface area contributed by atoms with Crippen molar-refractivity contribution in [2.75, 3.05) is 6.61 Å². The van der Waals surface area contributed by atoms with Crippen LogP contribution in [0, 0.1) is 5.92 Å². The average molecular weight is 293 g/mol. The van der Waals surface area contributed by atoms with Crippen molar-refractivity contribution in [2.45, 2.75) is 26.3 Å². The SMILES string of the molecule is CCOC(=O)[C@@H](C)C[C@H](NC(=O)c1ccncc1)C(N)=O. The normalized spacial score (nSPS) is 13.0. The number of nitrogens with zero attached hydrogens (tertiary/aromatic N) is 1. The maximum absolute atomic E-state index is 12.0. The number of amides is 2. The van der Waals surface area contributed by atoms with Crippen molar-refractivity contribution >= 4 is 17.8 Å². The van der Waals surface area contributed by atoms with E-state index in [2.05, 4.69) is 10.3 Å². The second-order valence-electron chi connectivity index (χ2n) is 4.55. The number of ether oxygens (including phenoxy) is 1. The fraction of sp³-hybridized carbons (Fsp3) is 0.429. The molecule has 114 valence electrons. The van der Waals surface area contributed by atoms with Gasteiger partial charge in [-0.2, -0.15) is 0 Å². The summed E-state index contributed by atoms with van der Waals surface area (Å²) in [6.45, 7) is 3.57. The molecule has 0 saturated heterocycles. The molecule has 21 heavy (non-hydrogen) atoms. The second-order valence-corrected chi connectivity index (χ2v) is 4.55. The van der Waals surface area contributed by atoms with E-state index in [1.807, 2.05) is 0 Å². The van der Waals surface area contributed by atoms with Gasteiger partial charge in [0.15, 0.2) is 0 Å². The fourth-order valence-corrected chi connectivity index (χ4v) is 1.73. The zero-order chi connectivity index (χ0) is 15.8. The maximum atomic E-state index is 12.0. The van der Waals surface area contributed by atoms with Gasteiger partial charge in [0, 0.05) is 18.0 Å². The number of nitrogens with one attached hydrogen (secondary N) is 1. The van der Waals surface area contributed by atoms with Gasteiger partial charge in [-0.25, -0.2) is 0 Å². The lowest BCUT2D eigenvalue weighted by Crippen LogP contribution is -2.46. The minimum Gasteiger partial charge on any atom is -0.466 e. The highest BCUT2D eigenvalue weighted by molar-refractivity contribution is 5.97. The van der Waals surface area contributed by atoms with Gasteiger partial charge in [0.05, 0.1) is 12.5 Å². The molecule has 1 rings (SSSR count). The summed E-state index contributed by atoms with van der Waals surface area (Å²) in [4.78, 5) is 38.8. The van der Waals surface area contributed by atoms with Crippen molar-refractivity contribution in [1.82, 2.24) is 10.3 Å². The van der Waals surface area contributed by atoms with Gasteiger partial charge >= 0.3 is 5.97 Å². The first kappa shape index (κ1) is 16.6. The summed E-state index contributed by atoms with van der Waals surface area (Å²) < 4.78 is 4.86. The van der Waals surface area contributed by atoms with Crippen molar-refractivity contribution in [3.8, 4) is 0 Å². The van der Waals surface area contributed by atoms with Gasteiger partial charge in [0.25, 0.3) is 5.91 Å². The Morgan fingerprint density at radius 3 is 2.48 bits per heavy atom. The summed E-state index contributed by atoms with van der Waals surface area (Å²) >= 11 is 0. The van der Waals surface area contributed by atoms with Gasteiger partial charge in [-0.1, -0.05) is 6.92 Å². The molecule has 0 unspecified atom stereocenters. The largest absolute Gasteiger partial charge is 0.466 e. The van der Waals surface area contributed by atoms with E-state index in [1.165, 1.54) is 24.5 Å². The monoisotopic (exact) mass is 293 g/mol. The first-order valence-corrected chi connectivity index (χ1v) is 6.62. The van der Waals surface area contributed by atoms with Gasteiger partial charge < -0.3 is 15.8 Å². The Labute approximate surface area is 122 Å². The molecule has 0 radical (unpaired) electrons. The minimum atomic E-state index is -0.940. The maximum Gasteiger partial charge on any atom is 0.308 e. The van der Waals surface area contributed by atoms with E-state index in [0.717, 1.165) is 0 Å². The Hall–Kier alpha value is -2.44. The van der Waals surface area contributed by atoms with Crippen LogP contribution in [-0.4, -0.2) is 35.4 Å². The second kappa shape index (κ2) is 7.98. The molecular formula is C14H19N3O4. The summed E-state index contributed by atoms with van der Waals surface area (Å²) in [7, 11) is 0. The summed E-state index contributed by atoms with van der Waals surface area (Å²) in [5, 5.41) is 2.51. The van der Waals surface area contributed by atoms with Crippen LogP contribution in [0.3, 0.4) is 0 Å². The van der Waals surface area contributed by atoms with Crippen molar-refractivity contribution in [3.63, 3.8) is 0 Å². The molecule has 0 spiro atoms. The molecule has 1 aromatic rings. The van der Waals surface area contributed by atoms with Crippen LogP contribution >= 0.6 is 0 Å². The van der Waals surface area contributed by atoms with E-state index in [-0.39, 0.29) is 13.0 Å². The Bertz CT molecular complexity index is 504. The molecule has 0 saturated carbocycles. The van der Waals surface area contributed by atoms with E-state index in [9.17, 15) is 14.4 Å². The molecule has 3 N–H and O–H groups in total. The lowest BCUT2D eigenvalue weighted by atomic mass is 10.0. The lowest BCUT2D eigenvalue weighted by molar-refractivity contribution is -0.147. The summed E-state index contributed by atoms with van der Waals surface area (Å²) in [5.41, 5.74) is 5.63. The zero-order valence-electron chi connectivity index (χ0n) is 12.0.